The predicted octanol–water partition coefficient (Wildman–Crippen LogP) is 3.95. The molecule has 0 amide bonds. The molecule has 1 aromatic rings. The SMILES string of the molecule is CN(C)C1(N=C=S)C=CC(C=Cc2ccccc2)=CC1. The molecule has 0 N–H and O–H groups in total. The lowest BCUT2D eigenvalue weighted by molar-refractivity contribution is 0.219. The summed E-state index contributed by atoms with van der Waals surface area (Å²) in [5.41, 5.74) is 2.00. The van der Waals surface area contributed by atoms with Crippen LogP contribution in [-0.4, -0.2) is 29.8 Å². The van der Waals surface area contributed by atoms with Gasteiger partial charge in [0.15, 0.2) is 0 Å². The van der Waals surface area contributed by atoms with Crippen LogP contribution in [0.1, 0.15) is 12.0 Å². The maximum Gasteiger partial charge on any atom is 0.145 e. The fraction of sp³-hybridized carbons (Fsp3) is 0.235. The van der Waals surface area contributed by atoms with E-state index in [4.69, 9.17) is 12.2 Å². The van der Waals surface area contributed by atoms with Crippen LogP contribution in [0.4, 0.5) is 0 Å². The van der Waals surface area contributed by atoms with Gasteiger partial charge in [0, 0.05) is 6.42 Å². The molecular weight excluding hydrogens is 264 g/mol. The molecule has 3 heteroatoms. The quantitative estimate of drug-likeness (QED) is 0.614. The standard InChI is InChI=1S/C17H18N2S/c1-19(2)17(18-14-20)12-10-16(11-13-17)9-8-15-6-4-3-5-7-15/h3-12H,13H2,1-2H3. The van der Waals surface area contributed by atoms with E-state index in [0.717, 1.165) is 6.42 Å². The van der Waals surface area contributed by atoms with Crippen LogP contribution in [0.5, 0.6) is 0 Å². The second-order valence-corrected chi connectivity index (χ2v) is 5.14. The van der Waals surface area contributed by atoms with Gasteiger partial charge in [-0.1, -0.05) is 54.6 Å². The van der Waals surface area contributed by atoms with Crippen LogP contribution in [0.15, 0.2) is 65.2 Å². The summed E-state index contributed by atoms with van der Waals surface area (Å²) in [5.74, 6) is 0. The molecule has 0 saturated carbocycles. The molecule has 1 unspecified atom stereocenters. The van der Waals surface area contributed by atoms with Gasteiger partial charge < -0.3 is 0 Å². The molecule has 2 nitrogen and oxygen atoms in total. The summed E-state index contributed by atoms with van der Waals surface area (Å²) in [6, 6.07) is 10.3. The number of thiocarbonyl (C=S) groups is 1. The Bertz CT molecular complexity index is 593. The smallest absolute Gasteiger partial charge is 0.145 e. The Hall–Kier alpha value is -1.80. The molecule has 0 heterocycles. The molecule has 0 radical (unpaired) electrons. The van der Waals surface area contributed by atoms with E-state index in [2.05, 4.69) is 57.6 Å². The number of likely N-dealkylation sites (N-methyl/N-ethyl adjacent to an activating group) is 1. The predicted molar refractivity (Wildman–Crippen MR) is 88.8 cm³/mol. The van der Waals surface area contributed by atoms with Gasteiger partial charge in [0.2, 0.25) is 0 Å². The number of aliphatic imine (C=N–C) groups is 1. The summed E-state index contributed by atoms with van der Waals surface area (Å²) < 4.78 is 0. The van der Waals surface area contributed by atoms with Gasteiger partial charge in [-0.15, -0.1) is 0 Å². The van der Waals surface area contributed by atoms with Crippen LogP contribution in [0.25, 0.3) is 6.08 Å². The number of allylic oxidation sites excluding steroid dienone is 3. The highest BCUT2D eigenvalue weighted by atomic mass is 32.1. The van der Waals surface area contributed by atoms with Crippen LogP contribution < -0.4 is 0 Å². The van der Waals surface area contributed by atoms with E-state index in [9.17, 15) is 0 Å². The molecular formula is C17H18N2S. The van der Waals surface area contributed by atoms with Crippen LogP contribution in [-0.2, 0) is 0 Å². The molecule has 1 aliphatic carbocycles. The molecule has 0 aromatic heterocycles. The highest BCUT2D eigenvalue weighted by molar-refractivity contribution is 7.78. The largest absolute Gasteiger partial charge is 0.281 e. The molecule has 20 heavy (non-hydrogen) atoms. The summed E-state index contributed by atoms with van der Waals surface area (Å²) in [6.07, 6.45) is 11.4. The minimum atomic E-state index is -0.383. The van der Waals surface area contributed by atoms with Gasteiger partial charge in [-0.25, -0.2) is 4.99 Å². The second kappa shape index (κ2) is 6.58. The Morgan fingerprint density at radius 3 is 2.55 bits per heavy atom. The zero-order chi connectivity index (χ0) is 14.4. The number of rotatable bonds is 4. The molecule has 102 valence electrons. The average Bonchev–Trinajstić information content (AvgIpc) is 2.48. The number of benzene rings is 1. The van der Waals surface area contributed by atoms with E-state index < -0.39 is 0 Å². The molecule has 0 bridgehead atoms. The maximum atomic E-state index is 4.76. The molecule has 1 atom stereocenters. The van der Waals surface area contributed by atoms with Crippen LogP contribution in [0.2, 0.25) is 0 Å². The Morgan fingerprint density at radius 1 is 1.25 bits per heavy atom. The van der Waals surface area contributed by atoms with Crippen molar-refractivity contribution in [2.45, 2.75) is 12.1 Å². The molecule has 1 aromatic carbocycles. The Balaban J connectivity index is 2.12. The van der Waals surface area contributed by atoms with Gasteiger partial charge in [-0.3, -0.25) is 4.90 Å². The first-order chi connectivity index (χ1) is 9.66. The Morgan fingerprint density at radius 2 is 2.00 bits per heavy atom. The van der Waals surface area contributed by atoms with Gasteiger partial charge >= 0.3 is 0 Å². The normalized spacial score (nSPS) is 21.9. The minimum absolute atomic E-state index is 0.383. The number of isothiocyanates is 1. The van der Waals surface area contributed by atoms with Crippen LogP contribution >= 0.6 is 12.2 Å². The van der Waals surface area contributed by atoms with Crippen molar-refractivity contribution in [1.29, 1.82) is 0 Å². The van der Waals surface area contributed by atoms with Crippen LogP contribution in [0, 0.1) is 0 Å². The third-order valence-electron chi connectivity index (χ3n) is 3.46. The van der Waals surface area contributed by atoms with E-state index >= 15 is 0 Å². The molecule has 2 rings (SSSR count). The van der Waals surface area contributed by atoms with Crippen molar-refractivity contribution in [2.75, 3.05) is 14.1 Å². The average molecular weight is 282 g/mol. The van der Waals surface area contributed by atoms with Crippen molar-refractivity contribution >= 4 is 23.5 Å². The molecule has 0 saturated heterocycles. The lowest BCUT2D eigenvalue weighted by atomic mass is 9.95. The number of hydrogen-bond acceptors (Lipinski definition) is 3. The summed E-state index contributed by atoms with van der Waals surface area (Å²) >= 11 is 4.76. The molecule has 0 aliphatic heterocycles. The van der Waals surface area contributed by atoms with Gasteiger partial charge in [0.1, 0.15) is 5.66 Å². The fourth-order valence-electron chi connectivity index (χ4n) is 2.11. The van der Waals surface area contributed by atoms with Gasteiger partial charge in [-0.2, -0.15) is 0 Å². The molecule has 0 spiro atoms. The summed E-state index contributed by atoms with van der Waals surface area (Å²) in [6.45, 7) is 0. The Labute approximate surface area is 125 Å². The highest BCUT2D eigenvalue weighted by Gasteiger charge is 2.29. The number of hydrogen-bond donors (Lipinski definition) is 0. The van der Waals surface area contributed by atoms with Crippen molar-refractivity contribution in [2.24, 2.45) is 4.99 Å². The maximum absolute atomic E-state index is 4.76. The second-order valence-electron chi connectivity index (χ2n) is 4.96. The first-order valence-corrected chi connectivity index (χ1v) is 6.96. The third-order valence-corrected chi connectivity index (χ3v) is 3.55. The van der Waals surface area contributed by atoms with E-state index in [1.165, 1.54) is 11.1 Å². The van der Waals surface area contributed by atoms with E-state index in [1.807, 2.05) is 32.3 Å². The summed E-state index contributed by atoms with van der Waals surface area (Å²) in [7, 11) is 4.00. The van der Waals surface area contributed by atoms with Crippen molar-refractivity contribution in [3.8, 4) is 0 Å². The van der Waals surface area contributed by atoms with Gasteiger partial charge in [0.25, 0.3) is 0 Å². The van der Waals surface area contributed by atoms with Crippen molar-refractivity contribution in [3.63, 3.8) is 0 Å². The Kier molecular flexibility index (Phi) is 4.80. The van der Waals surface area contributed by atoms with Crippen molar-refractivity contribution in [1.82, 2.24) is 4.90 Å². The minimum Gasteiger partial charge on any atom is -0.281 e. The van der Waals surface area contributed by atoms with E-state index in [-0.39, 0.29) is 5.66 Å². The third kappa shape index (κ3) is 3.40. The topological polar surface area (TPSA) is 15.6 Å². The highest BCUT2D eigenvalue weighted by Crippen LogP contribution is 2.27. The van der Waals surface area contributed by atoms with Crippen molar-refractivity contribution in [3.05, 3.63) is 65.8 Å². The first-order valence-electron chi connectivity index (χ1n) is 6.55. The van der Waals surface area contributed by atoms with Gasteiger partial charge in [0.05, 0.1) is 5.16 Å². The van der Waals surface area contributed by atoms with Crippen LogP contribution in [0.3, 0.4) is 0 Å². The zero-order valence-electron chi connectivity index (χ0n) is 11.8. The van der Waals surface area contributed by atoms with E-state index in [1.54, 1.807) is 0 Å². The lowest BCUT2D eigenvalue weighted by Crippen LogP contribution is -2.41. The summed E-state index contributed by atoms with van der Waals surface area (Å²) in [4.78, 5) is 6.36. The van der Waals surface area contributed by atoms with Crippen molar-refractivity contribution < 1.29 is 0 Å². The summed E-state index contributed by atoms with van der Waals surface area (Å²) in [5, 5.41) is 2.50. The van der Waals surface area contributed by atoms with Gasteiger partial charge in [-0.05, 0) is 43.5 Å². The molecule has 1 aliphatic rings. The lowest BCUT2D eigenvalue weighted by Gasteiger charge is -2.33. The number of nitrogens with zero attached hydrogens (tertiary/aromatic N) is 2. The monoisotopic (exact) mass is 282 g/mol. The first kappa shape index (κ1) is 14.6. The zero-order valence-corrected chi connectivity index (χ0v) is 12.6. The van der Waals surface area contributed by atoms with E-state index in [0.29, 0.717) is 0 Å². The fourth-order valence-corrected chi connectivity index (χ4v) is 2.27. The molecule has 0 fully saturated rings.